The SMILES string of the molecule is C=C1c2c(c(O)c3c[c-]c(C)cc3c2C)C(=O)N1C.[Re]. The fraction of sp³-hybridized carbons (Fsp3) is 0.188. The molecule has 0 bridgehead atoms. The summed E-state index contributed by atoms with van der Waals surface area (Å²) in [7, 11) is 1.67. The first-order valence-electron chi connectivity index (χ1n) is 6.08. The van der Waals surface area contributed by atoms with E-state index in [0.29, 0.717) is 16.6 Å². The van der Waals surface area contributed by atoms with E-state index in [4.69, 9.17) is 0 Å². The van der Waals surface area contributed by atoms with Crippen LogP contribution in [0.4, 0.5) is 0 Å². The molecule has 1 amide bonds. The molecule has 0 fully saturated rings. The number of hydrogen-bond donors (Lipinski definition) is 1. The van der Waals surface area contributed by atoms with Crippen molar-refractivity contribution in [3.63, 3.8) is 0 Å². The average Bonchev–Trinajstić information content (AvgIpc) is 2.61. The van der Waals surface area contributed by atoms with Crippen LogP contribution in [0.15, 0.2) is 18.7 Å². The Morgan fingerprint density at radius 2 is 1.90 bits per heavy atom. The molecule has 1 aliphatic heterocycles. The first-order valence-corrected chi connectivity index (χ1v) is 6.08. The molecule has 0 aromatic heterocycles. The molecule has 3 nitrogen and oxygen atoms in total. The van der Waals surface area contributed by atoms with Crippen LogP contribution in [0, 0.1) is 19.9 Å². The van der Waals surface area contributed by atoms with E-state index in [1.54, 1.807) is 13.1 Å². The van der Waals surface area contributed by atoms with Gasteiger partial charge < -0.3 is 10.0 Å². The normalized spacial score (nSPS) is 13.7. The fourth-order valence-electron chi connectivity index (χ4n) is 2.71. The van der Waals surface area contributed by atoms with Gasteiger partial charge in [-0.1, -0.05) is 24.5 Å². The predicted molar refractivity (Wildman–Crippen MR) is 75.1 cm³/mol. The number of carbonyl (C=O) groups excluding carboxylic acids is 1. The molecule has 2 aromatic rings. The number of amides is 1. The molecule has 1 N–H and O–H groups in total. The van der Waals surface area contributed by atoms with Gasteiger partial charge in [-0.05, 0) is 6.92 Å². The maximum atomic E-state index is 12.2. The minimum absolute atomic E-state index is 0. The molecular formula is C16H14NO2Re-. The number of rotatable bonds is 0. The van der Waals surface area contributed by atoms with Gasteiger partial charge in [0.05, 0.1) is 11.3 Å². The zero-order valence-corrected chi connectivity index (χ0v) is 14.3. The second-order valence-electron chi connectivity index (χ2n) is 4.98. The molecular weight excluding hydrogens is 424 g/mol. The van der Waals surface area contributed by atoms with Crippen molar-refractivity contribution in [2.24, 2.45) is 0 Å². The van der Waals surface area contributed by atoms with Crippen LogP contribution in [-0.4, -0.2) is 23.0 Å². The summed E-state index contributed by atoms with van der Waals surface area (Å²) >= 11 is 0. The number of aryl methyl sites for hydroxylation is 2. The van der Waals surface area contributed by atoms with E-state index in [1.165, 1.54) is 4.90 Å². The maximum Gasteiger partial charge on any atom is 0.261 e. The van der Waals surface area contributed by atoms with Crippen LogP contribution in [-0.2, 0) is 20.4 Å². The van der Waals surface area contributed by atoms with Crippen molar-refractivity contribution in [3.8, 4) is 5.75 Å². The molecule has 3 rings (SSSR count). The van der Waals surface area contributed by atoms with Crippen LogP contribution in [0.5, 0.6) is 5.75 Å². The Labute approximate surface area is 131 Å². The summed E-state index contributed by atoms with van der Waals surface area (Å²) < 4.78 is 0. The smallest absolute Gasteiger partial charge is 0.261 e. The van der Waals surface area contributed by atoms with E-state index in [0.717, 1.165) is 22.1 Å². The van der Waals surface area contributed by atoms with Crippen molar-refractivity contribution in [1.82, 2.24) is 4.90 Å². The van der Waals surface area contributed by atoms with E-state index in [1.807, 2.05) is 19.9 Å². The largest absolute Gasteiger partial charge is 0.519 e. The van der Waals surface area contributed by atoms with Gasteiger partial charge in [-0.15, -0.1) is 5.39 Å². The average molecular weight is 438 g/mol. The molecule has 0 atom stereocenters. The first kappa shape index (κ1) is 14.8. The van der Waals surface area contributed by atoms with Gasteiger partial charge >= 0.3 is 0 Å². The van der Waals surface area contributed by atoms with Gasteiger partial charge in [0, 0.05) is 38.7 Å². The van der Waals surface area contributed by atoms with E-state index in [-0.39, 0.29) is 32.1 Å². The summed E-state index contributed by atoms with van der Waals surface area (Å²) in [5.41, 5.74) is 3.72. The summed E-state index contributed by atoms with van der Waals surface area (Å²) in [4.78, 5) is 13.7. The number of nitrogens with zero attached hydrogens (tertiary/aromatic N) is 1. The van der Waals surface area contributed by atoms with Crippen molar-refractivity contribution >= 4 is 22.4 Å². The standard InChI is InChI=1S/C16H14NO2.Re/c1-8-5-6-11-12(7-8)9(2)13-10(3)17(4)16(19)14(13)15(11)18;/h6-7,18H,3H2,1-2,4H3;/q-1;. The fourth-order valence-corrected chi connectivity index (χ4v) is 2.71. The van der Waals surface area contributed by atoms with Crippen molar-refractivity contribution in [3.05, 3.63) is 47.0 Å². The van der Waals surface area contributed by atoms with E-state index < -0.39 is 0 Å². The van der Waals surface area contributed by atoms with Crippen molar-refractivity contribution in [2.45, 2.75) is 13.8 Å². The molecule has 1 aliphatic rings. The molecule has 1 radical (unpaired) electrons. The van der Waals surface area contributed by atoms with Crippen molar-refractivity contribution in [2.75, 3.05) is 7.05 Å². The number of aromatic hydroxyl groups is 1. The number of benzene rings is 2. The summed E-state index contributed by atoms with van der Waals surface area (Å²) in [6.07, 6.45) is 0. The molecule has 2 aromatic carbocycles. The van der Waals surface area contributed by atoms with Crippen LogP contribution in [0.1, 0.15) is 27.0 Å². The number of carbonyl (C=O) groups is 1. The van der Waals surface area contributed by atoms with Crippen LogP contribution in [0.3, 0.4) is 0 Å². The topological polar surface area (TPSA) is 40.5 Å². The number of phenolic OH excluding ortho intramolecular Hbond substituents is 1. The van der Waals surface area contributed by atoms with Gasteiger partial charge in [0.15, 0.2) is 0 Å². The summed E-state index contributed by atoms with van der Waals surface area (Å²) in [6.45, 7) is 7.85. The Morgan fingerprint density at radius 1 is 1.25 bits per heavy atom. The first-order chi connectivity index (χ1) is 8.93. The summed E-state index contributed by atoms with van der Waals surface area (Å²) in [5, 5.41) is 12.0. The van der Waals surface area contributed by atoms with Crippen molar-refractivity contribution < 1.29 is 30.3 Å². The van der Waals surface area contributed by atoms with Crippen LogP contribution >= 0.6 is 0 Å². The van der Waals surface area contributed by atoms with Gasteiger partial charge in [0.25, 0.3) is 5.91 Å². The minimum Gasteiger partial charge on any atom is -0.519 e. The summed E-state index contributed by atoms with van der Waals surface area (Å²) in [5.74, 6) is -0.176. The molecule has 4 heteroatoms. The Bertz CT molecular complexity index is 765. The molecule has 0 spiro atoms. The zero-order valence-electron chi connectivity index (χ0n) is 11.5. The number of hydrogen-bond acceptors (Lipinski definition) is 2. The molecule has 0 saturated carbocycles. The Balaban J connectivity index is 0.00000147. The third kappa shape index (κ3) is 1.72. The maximum absolute atomic E-state index is 12.2. The molecule has 0 aliphatic carbocycles. The van der Waals surface area contributed by atoms with Crippen LogP contribution < -0.4 is 0 Å². The number of phenols is 1. The van der Waals surface area contributed by atoms with Crippen LogP contribution in [0.2, 0.25) is 0 Å². The van der Waals surface area contributed by atoms with Crippen molar-refractivity contribution in [1.29, 1.82) is 0 Å². The molecule has 1 heterocycles. The molecule has 0 saturated heterocycles. The third-order valence-electron chi connectivity index (χ3n) is 3.83. The molecule has 0 unspecified atom stereocenters. The van der Waals surface area contributed by atoms with Gasteiger partial charge in [0.1, 0.15) is 0 Å². The third-order valence-corrected chi connectivity index (χ3v) is 3.83. The second kappa shape index (κ2) is 4.73. The Kier molecular flexibility index (Phi) is 3.50. The summed E-state index contributed by atoms with van der Waals surface area (Å²) in [6, 6.07) is 6.77. The molecule has 20 heavy (non-hydrogen) atoms. The van der Waals surface area contributed by atoms with Crippen LogP contribution in [0.25, 0.3) is 16.5 Å². The van der Waals surface area contributed by atoms with Gasteiger partial charge in [-0.25, -0.2) is 0 Å². The quantitative estimate of drug-likeness (QED) is 0.643. The Hall–Kier alpha value is -1.63. The van der Waals surface area contributed by atoms with E-state index in [2.05, 4.69) is 12.6 Å². The minimum atomic E-state index is -0.205. The second-order valence-corrected chi connectivity index (χ2v) is 4.98. The van der Waals surface area contributed by atoms with Gasteiger partial charge in [-0.2, -0.15) is 23.8 Å². The number of fused-ring (bicyclic) bond motifs is 2. The van der Waals surface area contributed by atoms with Gasteiger partial charge in [-0.3, -0.25) is 4.79 Å². The van der Waals surface area contributed by atoms with E-state index >= 15 is 0 Å². The monoisotopic (exact) mass is 439 g/mol. The Morgan fingerprint density at radius 3 is 2.55 bits per heavy atom. The predicted octanol–water partition coefficient (Wildman–Crippen LogP) is 3.02. The molecule has 103 valence electrons. The zero-order chi connectivity index (χ0) is 13.9. The van der Waals surface area contributed by atoms with Gasteiger partial charge in [0.2, 0.25) is 0 Å². The van der Waals surface area contributed by atoms with E-state index in [9.17, 15) is 9.90 Å².